The Labute approximate surface area is 260 Å². The molecule has 0 aromatic heterocycles. The second-order valence-electron chi connectivity index (χ2n) is 12.2. The highest BCUT2D eigenvalue weighted by Gasteiger charge is 2.42. The lowest BCUT2D eigenvalue weighted by Gasteiger charge is -2.51. The summed E-state index contributed by atoms with van der Waals surface area (Å²) in [5.41, 5.74) is 5.19. The van der Waals surface area contributed by atoms with Crippen LogP contribution >= 0.6 is 0 Å². The molecule has 0 fully saturated rings. The molecular formula is C39H31NO2SSi-. The molecule has 0 saturated heterocycles. The van der Waals surface area contributed by atoms with Gasteiger partial charge in [-0.25, -0.2) is 8.42 Å². The largest absolute Gasteiger partial charge is 0.310 e. The Morgan fingerprint density at radius 3 is 1.59 bits per heavy atom. The standard InChI is InChI=1S/C39H31NO2SSi/c1-39(2)31-19-9-11-21-33(31)40(34-22-12-10-20-32(34)39)28-25-26-38-36(27-28)43(41,42)35-23-13-14-24-37(35)44(38,29-15-5-3-6-16-29)30-17-7-4-8-18-30/h3-27H,1-2H3/q-1. The number of hydrogen-bond donors (Lipinski definition) is 0. The van der Waals surface area contributed by atoms with Crippen LogP contribution in [-0.2, 0) is 15.3 Å². The third kappa shape index (κ3) is 3.57. The van der Waals surface area contributed by atoms with E-state index in [1.54, 1.807) is 6.07 Å². The fourth-order valence-corrected chi connectivity index (χ4v) is 15.6. The number of nitrogens with zero attached hydrogens (tertiary/aromatic N) is 1. The van der Waals surface area contributed by atoms with E-state index in [0.29, 0.717) is 9.79 Å². The fourth-order valence-electron chi connectivity index (χ4n) is 7.57. The van der Waals surface area contributed by atoms with Gasteiger partial charge in [0.15, 0.2) is 0 Å². The summed E-state index contributed by atoms with van der Waals surface area (Å²) < 4.78 is 29.4. The maximum absolute atomic E-state index is 14.7. The molecule has 8 rings (SSSR count). The van der Waals surface area contributed by atoms with Crippen LogP contribution in [0.5, 0.6) is 0 Å². The molecule has 6 aromatic rings. The third-order valence-corrected chi connectivity index (χ3v) is 16.6. The molecule has 44 heavy (non-hydrogen) atoms. The van der Waals surface area contributed by atoms with Crippen molar-refractivity contribution in [3.05, 3.63) is 163 Å². The van der Waals surface area contributed by atoms with Gasteiger partial charge in [-0.3, -0.25) is 0 Å². The molecule has 0 amide bonds. The van der Waals surface area contributed by atoms with E-state index in [4.69, 9.17) is 0 Å². The lowest BCUT2D eigenvalue weighted by atomic mass is 9.73. The third-order valence-electron chi connectivity index (χ3n) is 9.55. The van der Waals surface area contributed by atoms with Gasteiger partial charge in [0.1, 0.15) is 0 Å². The van der Waals surface area contributed by atoms with Gasteiger partial charge >= 0.3 is 0 Å². The molecule has 215 valence electrons. The Balaban J connectivity index is 1.47. The highest BCUT2D eigenvalue weighted by atomic mass is 32.2. The fraction of sp³-hybridized carbons (Fsp3) is 0.0769. The average molecular weight is 606 g/mol. The second kappa shape index (κ2) is 9.65. The van der Waals surface area contributed by atoms with Crippen molar-refractivity contribution in [3.63, 3.8) is 0 Å². The zero-order valence-corrected chi connectivity index (χ0v) is 26.4. The number of para-hydroxylation sites is 2. The molecule has 2 aliphatic rings. The molecule has 0 spiro atoms. The number of sulfone groups is 1. The van der Waals surface area contributed by atoms with Crippen LogP contribution in [0.25, 0.3) is 0 Å². The van der Waals surface area contributed by atoms with E-state index < -0.39 is 17.9 Å². The first-order valence-corrected chi connectivity index (χ1v) is 18.4. The summed E-state index contributed by atoms with van der Waals surface area (Å²) in [6.45, 7) is 4.52. The van der Waals surface area contributed by atoms with Gasteiger partial charge in [0, 0.05) is 20.9 Å². The Bertz CT molecular complexity index is 2090. The first-order chi connectivity index (χ1) is 21.4. The lowest BCUT2D eigenvalue weighted by molar-refractivity contribution is 0.596. The maximum Gasteiger partial charge on any atom is 0.201 e. The molecule has 3 nitrogen and oxygen atoms in total. The van der Waals surface area contributed by atoms with Crippen LogP contribution < -0.4 is 25.6 Å². The van der Waals surface area contributed by atoms with Crippen LogP contribution in [0.15, 0.2) is 161 Å². The second-order valence-corrected chi connectivity index (χ2v) is 17.8. The van der Waals surface area contributed by atoms with Crippen molar-refractivity contribution in [2.75, 3.05) is 4.90 Å². The number of benzene rings is 6. The molecule has 0 saturated carbocycles. The molecule has 2 aliphatic heterocycles. The molecule has 0 unspecified atom stereocenters. The predicted octanol–water partition coefficient (Wildman–Crippen LogP) is 6.32. The van der Waals surface area contributed by atoms with Crippen LogP contribution in [-0.4, -0.2) is 16.5 Å². The van der Waals surface area contributed by atoms with Gasteiger partial charge in [0.2, 0.25) is 9.84 Å². The van der Waals surface area contributed by atoms with E-state index in [-0.39, 0.29) is 5.41 Å². The minimum atomic E-state index is -3.82. The summed E-state index contributed by atoms with van der Waals surface area (Å²) in [4.78, 5) is 3.04. The highest BCUT2D eigenvalue weighted by molar-refractivity contribution is 7.92. The summed E-state index contributed by atoms with van der Waals surface area (Å²) in [5, 5.41) is 4.14. The maximum atomic E-state index is 14.7. The van der Waals surface area contributed by atoms with Crippen molar-refractivity contribution in [2.24, 2.45) is 0 Å². The molecule has 2 heterocycles. The average Bonchev–Trinajstić information content (AvgIpc) is 3.07. The van der Waals surface area contributed by atoms with Crippen LogP contribution in [0.1, 0.15) is 25.0 Å². The monoisotopic (exact) mass is 605 g/mol. The predicted molar refractivity (Wildman–Crippen MR) is 182 cm³/mol. The molecule has 0 aliphatic carbocycles. The van der Waals surface area contributed by atoms with E-state index in [1.807, 2.05) is 36.4 Å². The van der Waals surface area contributed by atoms with Crippen LogP contribution in [0.2, 0.25) is 0 Å². The summed E-state index contributed by atoms with van der Waals surface area (Å²) in [7, 11) is -6.82. The molecule has 5 heteroatoms. The van der Waals surface area contributed by atoms with Crippen molar-refractivity contribution >= 4 is 55.7 Å². The first kappa shape index (κ1) is 26.9. The van der Waals surface area contributed by atoms with Crippen molar-refractivity contribution < 1.29 is 8.42 Å². The zero-order valence-electron chi connectivity index (χ0n) is 24.6. The Morgan fingerprint density at radius 1 is 0.523 bits per heavy atom. The van der Waals surface area contributed by atoms with Gasteiger partial charge in [-0.15, -0.1) is 0 Å². The van der Waals surface area contributed by atoms with Crippen molar-refractivity contribution in [1.82, 2.24) is 0 Å². The van der Waals surface area contributed by atoms with E-state index in [9.17, 15) is 8.42 Å². The summed E-state index contributed by atoms with van der Waals surface area (Å²) >= 11 is 0. The Kier molecular flexibility index (Phi) is 5.89. The zero-order chi connectivity index (χ0) is 30.1. The quantitative estimate of drug-likeness (QED) is 0.221. The van der Waals surface area contributed by atoms with E-state index in [0.717, 1.165) is 37.8 Å². The van der Waals surface area contributed by atoms with Crippen molar-refractivity contribution in [1.29, 1.82) is 0 Å². The number of fused-ring (bicyclic) bond motifs is 4. The Hall–Kier alpha value is -4.71. The SMILES string of the molecule is CC1(C)c2ccccc2N(c2ccc3c(c2)S(=O)(=O)c2ccccc2[Si-]3(c2ccccc2)c2ccccc2)c2ccccc21. The van der Waals surface area contributed by atoms with Crippen molar-refractivity contribution in [3.8, 4) is 0 Å². The number of hydrogen-bond acceptors (Lipinski definition) is 3. The molecule has 0 bridgehead atoms. The smallest absolute Gasteiger partial charge is 0.201 e. The van der Waals surface area contributed by atoms with E-state index in [1.165, 1.54) is 11.1 Å². The molecule has 0 atom stereocenters. The van der Waals surface area contributed by atoms with E-state index in [2.05, 4.69) is 128 Å². The normalized spacial score (nSPS) is 16.6. The van der Waals surface area contributed by atoms with Gasteiger partial charge < -0.3 is 4.90 Å². The van der Waals surface area contributed by atoms with Gasteiger partial charge in [0.05, 0.1) is 11.4 Å². The first-order valence-electron chi connectivity index (χ1n) is 15.0. The minimum absolute atomic E-state index is 0.203. The topological polar surface area (TPSA) is 37.4 Å². The lowest BCUT2D eigenvalue weighted by Crippen LogP contribution is -2.77. The molecular weight excluding hydrogens is 575 g/mol. The molecule has 6 aromatic carbocycles. The Morgan fingerprint density at radius 2 is 1.00 bits per heavy atom. The molecule has 0 N–H and O–H groups in total. The summed E-state index contributed by atoms with van der Waals surface area (Å²) in [6.07, 6.45) is 0. The van der Waals surface area contributed by atoms with Gasteiger partial charge in [0.25, 0.3) is 0 Å². The van der Waals surface area contributed by atoms with Gasteiger partial charge in [-0.05, 0) is 49.5 Å². The van der Waals surface area contributed by atoms with Crippen molar-refractivity contribution in [2.45, 2.75) is 29.1 Å². The van der Waals surface area contributed by atoms with Crippen LogP contribution in [0, 0.1) is 0 Å². The minimum Gasteiger partial charge on any atom is -0.310 e. The summed E-state index contributed by atoms with van der Waals surface area (Å²) in [6, 6.07) is 51.8. The van der Waals surface area contributed by atoms with Crippen LogP contribution in [0.4, 0.5) is 17.1 Å². The number of rotatable bonds is 3. The van der Waals surface area contributed by atoms with Gasteiger partial charge in [-0.1, -0.05) is 135 Å². The summed E-state index contributed by atoms with van der Waals surface area (Å²) in [5.74, 6) is 0. The van der Waals surface area contributed by atoms with Gasteiger partial charge in [-0.2, -0.15) is 20.7 Å². The van der Waals surface area contributed by atoms with Crippen LogP contribution in [0.3, 0.4) is 0 Å². The molecule has 0 radical (unpaired) electrons. The van der Waals surface area contributed by atoms with E-state index >= 15 is 0 Å². The number of anilines is 3. The highest BCUT2D eigenvalue weighted by Crippen LogP contribution is 2.51.